The molecule has 0 fully saturated rings. The Labute approximate surface area is 126 Å². The highest BCUT2D eigenvalue weighted by molar-refractivity contribution is 7.11. The summed E-state index contributed by atoms with van der Waals surface area (Å²) < 4.78 is 0. The van der Waals surface area contributed by atoms with Crippen LogP contribution in [0.15, 0.2) is 18.3 Å². The van der Waals surface area contributed by atoms with Crippen molar-refractivity contribution in [1.29, 1.82) is 0 Å². The fourth-order valence-corrected chi connectivity index (χ4v) is 2.95. The van der Waals surface area contributed by atoms with Crippen LogP contribution in [0.4, 0.5) is 10.5 Å². The van der Waals surface area contributed by atoms with Crippen LogP contribution in [0.3, 0.4) is 0 Å². The average Bonchev–Trinajstić information content (AvgIpc) is 2.71. The molecule has 0 aliphatic carbocycles. The van der Waals surface area contributed by atoms with Gasteiger partial charge in [-0.15, -0.1) is 11.3 Å². The fraction of sp³-hybridized carbons (Fsp3) is 0.308. The molecule has 0 aromatic carbocycles. The first kappa shape index (κ1) is 14.7. The summed E-state index contributed by atoms with van der Waals surface area (Å²) in [5, 5.41) is 6.79. The highest BCUT2D eigenvalue weighted by Crippen LogP contribution is 2.24. The zero-order chi connectivity index (χ0) is 14.7. The molecule has 0 unspecified atom stereocenters. The predicted octanol–water partition coefficient (Wildman–Crippen LogP) is 3.69. The van der Waals surface area contributed by atoms with Crippen molar-refractivity contribution >= 4 is 34.7 Å². The minimum Gasteiger partial charge on any atom is -0.330 e. The van der Waals surface area contributed by atoms with E-state index in [-0.39, 0.29) is 17.2 Å². The molecule has 0 saturated heterocycles. The number of thiazole rings is 1. The van der Waals surface area contributed by atoms with Gasteiger partial charge < -0.3 is 10.6 Å². The van der Waals surface area contributed by atoms with Gasteiger partial charge in [-0.2, -0.15) is 0 Å². The third kappa shape index (κ3) is 3.46. The van der Waals surface area contributed by atoms with Crippen LogP contribution < -0.4 is 10.6 Å². The van der Waals surface area contributed by atoms with Gasteiger partial charge in [-0.3, -0.25) is 0 Å². The Morgan fingerprint density at radius 2 is 2.20 bits per heavy atom. The molecule has 106 valence electrons. The number of aromatic nitrogens is 2. The number of rotatable bonds is 3. The van der Waals surface area contributed by atoms with Gasteiger partial charge in [0.15, 0.2) is 5.15 Å². The number of hydrogen-bond acceptors (Lipinski definition) is 4. The summed E-state index contributed by atoms with van der Waals surface area (Å²) in [6, 6.07) is 2.97. The molecule has 2 rings (SSSR count). The number of pyridine rings is 1. The van der Waals surface area contributed by atoms with Gasteiger partial charge >= 0.3 is 6.03 Å². The number of aryl methyl sites for hydroxylation is 2. The van der Waals surface area contributed by atoms with Crippen LogP contribution in [0.2, 0.25) is 5.15 Å². The number of halogens is 1. The second-order valence-electron chi connectivity index (χ2n) is 4.34. The number of carbonyl (C=O) groups is 1. The molecule has 2 amide bonds. The molecular weight excluding hydrogens is 296 g/mol. The van der Waals surface area contributed by atoms with Gasteiger partial charge in [-0.05, 0) is 32.9 Å². The van der Waals surface area contributed by atoms with Crippen molar-refractivity contribution in [3.8, 4) is 0 Å². The summed E-state index contributed by atoms with van der Waals surface area (Å²) in [6.45, 7) is 5.81. The smallest absolute Gasteiger partial charge is 0.319 e. The first-order valence-electron chi connectivity index (χ1n) is 6.09. The molecule has 2 heterocycles. The Hall–Kier alpha value is -1.66. The van der Waals surface area contributed by atoms with Gasteiger partial charge in [0.25, 0.3) is 0 Å². The minimum atomic E-state index is -0.321. The molecule has 0 aliphatic heterocycles. The number of carbonyl (C=O) groups excluding carboxylic acids is 1. The number of anilines is 1. The summed E-state index contributed by atoms with van der Waals surface area (Å²) in [5.41, 5.74) is 1.43. The molecule has 5 nitrogen and oxygen atoms in total. The van der Waals surface area contributed by atoms with Gasteiger partial charge in [-0.25, -0.2) is 14.8 Å². The zero-order valence-corrected chi connectivity index (χ0v) is 13.0. The largest absolute Gasteiger partial charge is 0.330 e. The normalized spacial score (nSPS) is 12.0. The number of nitrogens with one attached hydrogen (secondary N) is 2. The summed E-state index contributed by atoms with van der Waals surface area (Å²) in [7, 11) is 0. The van der Waals surface area contributed by atoms with E-state index in [4.69, 9.17) is 11.6 Å². The molecule has 0 saturated carbocycles. The first-order valence-corrected chi connectivity index (χ1v) is 7.28. The number of nitrogens with zero attached hydrogens (tertiary/aromatic N) is 2. The van der Waals surface area contributed by atoms with Crippen LogP contribution in [0.1, 0.15) is 28.5 Å². The van der Waals surface area contributed by atoms with Gasteiger partial charge in [0.2, 0.25) is 0 Å². The van der Waals surface area contributed by atoms with E-state index in [2.05, 4.69) is 20.6 Å². The van der Waals surface area contributed by atoms with Crippen LogP contribution in [0, 0.1) is 13.8 Å². The lowest BCUT2D eigenvalue weighted by Crippen LogP contribution is -2.31. The lowest BCUT2D eigenvalue weighted by Gasteiger charge is -2.14. The standard InChI is InChI=1S/C13H15ClN4OS/c1-7-11(20-9(3)16-7)8(2)17-13(19)18-10-5-4-6-15-12(10)14/h4-6,8H,1-3H3,(H2,17,18,19)/t8-/m0/s1. The van der Waals surface area contributed by atoms with Crippen molar-refractivity contribution in [3.63, 3.8) is 0 Å². The molecule has 20 heavy (non-hydrogen) atoms. The summed E-state index contributed by atoms with van der Waals surface area (Å²) in [5.74, 6) is 0. The number of amides is 2. The first-order chi connectivity index (χ1) is 9.47. The summed E-state index contributed by atoms with van der Waals surface area (Å²) in [6.07, 6.45) is 1.57. The van der Waals surface area contributed by atoms with Gasteiger partial charge in [-0.1, -0.05) is 11.6 Å². The summed E-state index contributed by atoms with van der Waals surface area (Å²) in [4.78, 5) is 21.2. The third-order valence-corrected chi connectivity index (χ3v) is 4.24. The topological polar surface area (TPSA) is 66.9 Å². The highest BCUT2D eigenvalue weighted by atomic mass is 35.5. The van der Waals surface area contributed by atoms with E-state index in [0.717, 1.165) is 15.6 Å². The molecule has 0 aliphatic rings. The van der Waals surface area contributed by atoms with Crippen molar-refractivity contribution < 1.29 is 4.79 Å². The van der Waals surface area contributed by atoms with Crippen molar-refractivity contribution in [1.82, 2.24) is 15.3 Å². The maximum Gasteiger partial charge on any atom is 0.319 e. The minimum absolute atomic E-state index is 0.114. The van der Waals surface area contributed by atoms with E-state index in [9.17, 15) is 4.79 Å². The molecule has 7 heteroatoms. The van der Waals surface area contributed by atoms with Crippen LogP contribution >= 0.6 is 22.9 Å². The maximum atomic E-state index is 11.9. The fourth-order valence-electron chi connectivity index (χ4n) is 1.85. The van der Waals surface area contributed by atoms with Gasteiger partial charge in [0.05, 0.1) is 22.4 Å². The molecule has 1 atom stereocenters. The second-order valence-corrected chi connectivity index (χ2v) is 5.94. The van der Waals surface area contributed by atoms with Crippen molar-refractivity contribution in [2.45, 2.75) is 26.8 Å². The van der Waals surface area contributed by atoms with E-state index in [1.807, 2.05) is 20.8 Å². The number of urea groups is 1. The van der Waals surface area contributed by atoms with E-state index < -0.39 is 0 Å². The molecular formula is C13H15ClN4OS. The summed E-state index contributed by atoms with van der Waals surface area (Å²) >= 11 is 7.47. The molecule has 2 aromatic rings. The average molecular weight is 311 g/mol. The van der Waals surface area contributed by atoms with Crippen LogP contribution in [-0.4, -0.2) is 16.0 Å². The third-order valence-electron chi connectivity index (χ3n) is 2.69. The van der Waals surface area contributed by atoms with Crippen LogP contribution in [-0.2, 0) is 0 Å². The zero-order valence-electron chi connectivity index (χ0n) is 11.4. The van der Waals surface area contributed by atoms with E-state index in [1.54, 1.807) is 29.7 Å². The van der Waals surface area contributed by atoms with Crippen molar-refractivity contribution in [2.24, 2.45) is 0 Å². The lowest BCUT2D eigenvalue weighted by molar-refractivity contribution is 0.249. The quantitative estimate of drug-likeness (QED) is 0.850. The molecule has 2 N–H and O–H groups in total. The van der Waals surface area contributed by atoms with Gasteiger partial charge in [0, 0.05) is 11.1 Å². The van der Waals surface area contributed by atoms with E-state index >= 15 is 0 Å². The van der Waals surface area contributed by atoms with Crippen molar-refractivity contribution in [3.05, 3.63) is 39.1 Å². The molecule has 0 spiro atoms. The van der Waals surface area contributed by atoms with Gasteiger partial charge in [0.1, 0.15) is 0 Å². The van der Waals surface area contributed by atoms with Crippen LogP contribution in [0.5, 0.6) is 0 Å². The highest BCUT2D eigenvalue weighted by Gasteiger charge is 2.15. The van der Waals surface area contributed by atoms with E-state index in [1.165, 1.54) is 0 Å². The monoisotopic (exact) mass is 310 g/mol. The Morgan fingerprint density at radius 1 is 1.45 bits per heavy atom. The SMILES string of the molecule is Cc1nc(C)c([C@H](C)NC(=O)Nc2cccnc2Cl)s1. The van der Waals surface area contributed by atoms with Crippen LogP contribution in [0.25, 0.3) is 0 Å². The lowest BCUT2D eigenvalue weighted by atomic mass is 10.2. The predicted molar refractivity (Wildman–Crippen MR) is 81.4 cm³/mol. The van der Waals surface area contributed by atoms with E-state index in [0.29, 0.717) is 5.69 Å². The Bertz CT molecular complexity index is 629. The number of hydrogen-bond donors (Lipinski definition) is 2. The Kier molecular flexibility index (Phi) is 4.57. The Morgan fingerprint density at radius 3 is 2.80 bits per heavy atom. The Balaban J connectivity index is 2.01. The molecule has 0 radical (unpaired) electrons. The maximum absolute atomic E-state index is 11.9. The second kappa shape index (κ2) is 6.19. The molecule has 2 aromatic heterocycles. The van der Waals surface area contributed by atoms with Crippen molar-refractivity contribution in [2.75, 3.05) is 5.32 Å². The molecule has 0 bridgehead atoms.